The van der Waals surface area contributed by atoms with E-state index in [-0.39, 0.29) is 0 Å². The molecule has 4 heteroatoms. The summed E-state index contributed by atoms with van der Waals surface area (Å²) in [7, 11) is 1.75. The first-order chi connectivity index (χ1) is 8.88. The lowest BCUT2D eigenvalue weighted by molar-refractivity contribution is 0.122. The Morgan fingerprint density at radius 1 is 1.28 bits per heavy atom. The van der Waals surface area contributed by atoms with E-state index in [0.29, 0.717) is 0 Å². The van der Waals surface area contributed by atoms with Crippen LogP contribution in [0.25, 0.3) is 0 Å². The molecule has 1 fully saturated rings. The third kappa shape index (κ3) is 2.12. The van der Waals surface area contributed by atoms with Gasteiger partial charge in [0.15, 0.2) is 0 Å². The summed E-state index contributed by atoms with van der Waals surface area (Å²) in [5, 5.41) is 3.48. The molecule has 0 bridgehead atoms. The first-order valence-electron chi connectivity index (χ1n) is 6.66. The molecule has 1 aromatic carbocycles. The Kier molecular flexibility index (Phi) is 3.28. The van der Waals surface area contributed by atoms with Crippen molar-refractivity contribution in [2.45, 2.75) is 12.8 Å². The van der Waals surface area contributed by atoms with Crippen molar-refractivity contribution in [3.63, 3.8) is 0 Å². The number of aryl methyl sites for hydroxylation is 1. The molecule has 4 nitrogen and oxygen atoms in total. The van der Waals surface area contributed by atoms with Crippen molar-refractivity contribution in [2.75, 3.05) is 50.2 Å². The number of benzene rings is 1. The minimum absolute atomic E-state index is 0.799. The standard InChI is InChI=1S/C14H20N2O2/c1-17-14-9-11-3-2-4-15-12(11)10-13(14)16-5-7-18-8-6-16/h9-10,15H,2-8H2,1H3. The van der Waals surface area contributed by atoms with Crippen LogP contribution < -0.4 is 15.0 Å². The van der Waals surface area contributed by atoms with Gasteiger partial charge in [0, 0.05) is 25.3 Å². The molecule has 2 aliphatic heterocycles. The van der Waals surface area contributed by atoms with E-state index in [9.17, 15) is 0 Å². The third-order valence-corrected chi connectivity index (χ3v) is 3.69. The summed E-state index contributed by atoms with van der Waals surface area (Å²) in [6.45, 7) is 4.55. The fraction of sp³-hybridized carbons (Fsp3) is 0.571. The number of anilines is 2. The van der Waals surface area contributed by atoms with Gasteiger partial charge in [-0.2, -0.15) is 0 Å². The van der Waals surface area contributed by atoms with Crippen LogP contribution in [-0.2, 0) is 11.2 Å². The lowest BCUT2D eigenvalue weighted by atomic mass is 10.0. The van der Waals surface area contributed by atoms with Gasteiger partial charge in [0.1, 0.15) is 5.75 Å². The molecule has 1 aromatic rings. The minimum Gasteiger partial charge on any atom is -0.495 e. The zero-order chi connectivity index (χ0) is 12.4. The second-order valence-corrected chi connectivity index (χ2v) is 4.81. The normalized spacial score (nSPS) is 19.1. The van der Waals surface area contributed by atoms with Crippen molar-refractivity contribution in [3.8, 4) is 5.75 Å². The van der Waals surface area contributed by atoms with Crippen molar-refractivity contribution in [2.24, 2.45) is 0 Å². The maximum atomic E-state index is 5.55. The smallest absolute Gasteiger partial charge is 0.142 e. The van der Waals surface area contributed by atoms with Crippen LogP contribution >= 0.6 is 0 Å². The van der Waals surface area contributed by atoms with Gasteiger partial charge < -0.3 is 19.7 Å². The van der Waals surface area contributed by atoms with Crippen LogP contribution in [-0.4, -0.2) is 40.0 Å². The summed E-state index contributed by atoms with van der Waals surface area (Å²) in [5.74, 6) is 0.986. The highest BCUT2D eigenvalue weighted by Gasteiger charge is 2.19. The van der Waals surface area contributed by atoms with E-state index in [1.165, 1.54) is 23.4 Å². The number of methoxy groups -OCH3 is 1. The van der Waals surface area contributed by atoms with E-state index < -0.39 is 0 Å². The summed E-state index contributed by atoms with van der Waals surface area (Å²) in [5.41, 5.74) is 3.83. The fourth-order valence-electron chi connectivity index (χ4n) is 2.70. The van der Waals surface area contributed by atoms with E-state index >= 15 is 0 Å². The van der Waals surface area contributed by atoms with Crippen LogP contribution in [0.15, 0.2) is 12.1 Å². The van der Waals surface area contributed by atoms with Gasteiger partial charge in [-0.25, -0.2) is 0 Å². The van der Waals surface area contributed by atoms with E-state index in [2.05, 4.69) is 22.3 Å². The average molecular weight is 248 g/mol. The third-order valence-electron chi connectivity index (χ3n) is 3.69. The predicted molar refractivity (Wildman–Crippen MR) is 72.8 cm³/mol. The van der Waals surface area contributed by atoms with Gasteiger partial charge in [0.25, 0.3) is 0 Å². The van der Waals surface area contributed by atoms with E-state index in [1.54, 1.807) is 7.11 Å². The highest BCUT2D eigenvalue weighted by Crippen LogP contribution is 2.36. The lowest BCUT2D eigenvalue weighted by Gasteiger charge is -2.31. The molecule has 0 saturated carbocycles. The van der Waals surface area contributed by atoms with Crippen molar-refractivity contribution in [3.05, 3.63) is 17.7 Å². The van der Waals surface area contributed by atoms with E-state index in [4.69, 9.17) is 9.47 Å². The lowest BCUT2D eigenvalue weighted by Crippen LogP contribution is -2.36. The topological polar surface area (TPSA) is 33.7 Å². The van der Waals surface area contributed by atoms with Crippen LogP contribution in [0.1, 0.15) is 12.0 Å². The quantitative estimate of drug-likeness (QED) is 0.866. The molecule has 3 rings (SSSR count). The molecule has 0 atom stereocenters. The Morgan fingerprint density at radius 3 is 2.89 bits per heavy atom. The Labute approximate surface area is 108 Å². The first-order valence-corrected chi connectivity index (χ1v) is 6.66. The molecule has 2 heterocycles. The summed E-state index contributed by atoms with van der Waals surface area (Å²) in [6.07, 6.45) is 2.34. The molecule has 0 aliphatic carbocycles. The molecule has 18 heavy (non-hydrogen) atoms. The monoisotopic (exact) mass is 248 g/mol. The van der Waals surface area contributed by atoms with Crippen LogP contribution in [0.2, 0.25) is 0 Å². The molecule has 2 aliphatic rings. The SMILES string of the molecule is COc1cc2c(cc1N1CCOCC1)NCCC2. The number of hydrogen-bond donors (Lipinski definition) is 1. The number of nitrogens with zero attached hydrogens (tertiary/aromatic N) is 1. The largest absolute Gasteiger partial charge is 0.495 e. The van der Waals surface area contributed by atoms with Crippen molar-refractivity contribution in [1.29, 1.82) is 0 Å². The Bertz CT molecular complexity index is 428. The highest BCUT2D eigenvalue weighted by molar-refractivity contribution is 5.70. The number of morpholine rings is 1. The fourth-order valence-corrected chi connectivity index (χ4v) is 2.70. The molecule has 0 unspecified atom stereocenters. The summed E-state index contributed by atoms with van der Waals surface area (Å²) < 4.78 is 11.0. The highest BCUT2D eigenvalue weighted by atomic mass is 16.5. The van der Waals surface area contributed by atoms with Crippen molar-refractivity contribution < 1.29 is 9.47 Å². The average Bonchev–Trinajstić information content (AvgIpc) is 2.46. The molecule has 98 valence electrons. The van der Waals surface area contributed by atoms with Crippen LogP contribution in [0.4, 0.5) is 11.4 Å². The van der Waals surface area contributed by atoms with Gasteiger partial charge in [-0.15, -0.1) is 0 Å². The number of fused-ring (bicyclic) bond motifs is 1. The maximum Gasteiger partial charge on any atom is 0.142 e. The van der Waals surface area contributed by atoms with Crippen LogP contribution in [0.5, 0.6) is 5.75 Å². The second-order valence-electron chi connectivity index (χ2n) is 4.81. The number of ether oxygens (including phenoxy) is 2. The van der Waals surface area contributed by atoms with Gasteiger partial charge >= 0.3 is 0 Å². The summed E-state index contributed by atoms with van der Waals surface area (Å²) >= 11 is 0. The van der Waals surface area contributed by atoms with Crippen molar-refractivity contribution in [1.82, 2.24) is 0 Å². The Morgan fingerprint density at radius 2 is 2.11 bits per heavy atom. The minimum atomic E-state index is 0.799. The molecule has 1 N–H and O–H groups in total. The molecular formula is C14H20N2O2. The first kappa shape index (κ1) is 11.7. The molecule has 0 aromatic heterocycles. The molecule has 0 spiro atoms. The maximum absolute atomic E-state index is 5.55. The van der Waals surface area contributed by atoms with E-state index in [0.717, 1.165) is 45.0 Å². The molecule has 0 amide bonds. The molecule has 1 saturated heterocycles. The number of rotatable bonds is 2. The Hall–Kier alpha value is -1.42. The molecular weight excluding hydrogens is 228 g/mol. The van der Waals surface area contributed by atoms with Gasteiger partial charge in [-0.05, 0) is 30.5 Å². The van der Waals surface area contributed by atoms with Crippen molar-refractivity contribution >= 4 is 11.4 Å². The zero-order valence-corrected chi connectivity index (χ0v) is 10.9. The van der Waals surface area contributed by atoms with Gasteiger partial charge in [-0.1, -0.05) is 0 Å². The van der Waals surface area contributed by atoms with Crippen LogP contribution in [0, 0.1) is 0 Å². The summed E-state index contributed by atoms with van der Waals surface area (Å²) in [4.78, 5) is 2.35. The predicted octanol–water partition coefficient (Wildman–Crippen LogP) is 1.89. The summed E-state index contributed by atoms with van der Waals surface area (Å²) in [6, 6.07) is 4.42. The molecule has 0 radical (unpaired) electrons. The Balaban J connectivity index is 1.95. The van der Waals surface area contributed by atoms with Gasteiger partial charge in [0.2, 0.25) is 0 Å². The second kappa shape index (κ2) is 5.06. The zero-order valence-electron chi connectivity index (χ0n) is 10.9. The van der Waals surface area contributed by atoms with Crippen LogP contribution in [0.3, 0.4) is 0 Å². The van der Waals surface area contributed by atoms with Gasteiger partial charge in [-0.3, -0.25) is 0 Å². The van der Waals surface area contributed by atoms with E-state index in [1.807, 2.05) is 0 Å². The van der Waals surface area contributed by atoms with Gasteiger partial charge in [0.05, 0.1) is 26.0 Å². The number of hydrogen-bond acceptors (Lipinski definition) is 4. The number of nitrogens with one attached hydrogen (secondary N) is 1.